The number of aliphatic hydroxyl groups is 1. The van der Waals surface area contributed by atoms with E-state index in [1.807, 2.05) is 24.5 Å². The Kier molecular flexibility index (Phi) is 4.91. The minimum absolute atomic E-state index is 0.554. The normalized spacial score (nSPS) is 12.7. The number of rotatable bonds is 4. The molecule has 0 saturated carbocycles. The predicted molar refractivity (Wildman–Crippen MR) is 77.9 cm³/mol. The molecule has 1 aromatic carbocycles. The molecule has 0 aliphatic heterocycles. The summed E-state index contributed by atoms with van der Waals surface area (Å²) >= 11 is 10.8. The van der Waals surface area contributed by atoms with Crippen molar-refractivity contribution in [3.05, 3.63) is 28.8 Å². The first-order chi connectivity index (χ1) is 8.60. The molecule has 1 heterocycles. The zero-order valence-electron chi connectivity index (χ0n) is 9.75. The third-order valence-electron chi connectivity index (χ3n) is 2.19. The van der Waals surface area contributed by atoms with Crippen LogP contribution in [-0.2, 0) is 0 Å². The van der Waals surface area contributed by atoms with Crippen LogP contribution >= 0.6 is 46.5 Å². The molecule has 0 saturated heterocycles. The zero-order valence-corrected chi connectivity index (χ0v) is 13.0. The Morgan fingerprint density at radius 2 is 2.06 bits per heavy atom. The van der Waals surface area contributed by atoms with Crippen molar-refractivity contribution in [1.82, 2.24) is 10.2 Å². The molecule has 2 aromatic rings. The Hall–Kier alpha value is -0.270. The number of thioether (sulfide) groups is 1. The Bertz CT molecular complexity index is 545. The average Bonchev–Trinajstić information content (AvgIpc) is 2.76. The molecule has 2 rings (SSSR count). The van der Waals surface area contributed by atoms with E-state index in [2.05, 4.69) is 10.2 Å². The van der Waals surface area contributed by atoms with E-state index in [1.165, 1.54) is 11.8 Å². The van der Waals surface area contributed by atoms with E-state index in [0.717, 1.165) is 19.1 Å². The van der Waals surface area contributed by atoms with Gasteiger partial charge in [0.2, 0.25) is 0 Å². The van der Waals surface area contributed by atoms with Gasteiger partial charge in [-0.15, -0.1) is 10.2 Å². The Balaban J connectivity index is 2.17. The van der Waals surface area contributed by atoms with E-state index >= 15 is 0 Å². The molecule has 0 spiro atoms. The van der Waals surface area contributed by atoms with Gasteiger partial charge in [0.1, 0.15) is 0 Å². The molecular weight excluding hydrogens is 308 g/mol. The predicted octanol–water partition coefficient (Wildman–Crippen LogP) is 4.12. The highest BCUT2D eigenvalue weighted by molar-refractivity contribution is 8.03. The fourth-order valence-electron chi connectivity index (χ4n) is 1.33. The zero-order chi connectivity index (χ0) is 13.1. The Morgan fingerprint density at radius 3 is 2.61 bits per heavy atom. The Morgan fingerprint density at radius 1 is 1.33 bits per heavy atom. The van der Waals surface area contributed by atoms with Gasteiger partial charge in [-0.25, -0.2) is 0 Å². The van der Waals surface area contributed by atoms with Gasteiger partial charge < -0.3 is 5.11 Å². The van der Waals surface area contributed by atoms with Crippen molar-refractivity contribution in [2.75, 3.05) is 6.26 Å². The lowest BCUT2D eigenvalue weighted by molar-refractivity contribution is 0.199. The second-order valence-corrected chi connectivity index (χ2v) is 7.26. The van der Waals surface area contributed by atoms with Crippen LogP contribution in [0.3, 0.4) is 0 Å². The second-order valence-electron chi connectivity index (χ2n) is 3.50. The number of hydrogen-bond acceptors (Lipinski definition) is 6. The lowest BCUT2D eigenvalue weighted by Crippen LogP contribution is -1.91. The van der Waals surface area contributed by atoms with Crippen molar-refractivity contribution >= 4 is 46.5 Å². The van der Waals surface area contributed by atoms with E-state index in [0.29, 0.717) is 5.02 Å². The van der Waals surface area contributed by atoms with Crippen molar-refractivity contribution < 1.29 is 5.11 Å². The maximum atomic E-state index is 9.51. The second kappa shape index (κ2) is 6.25. The van der Waals surface area contributed by atoms with Gasteiger partial charge in [0, 0.05) is 9.92 Å². The Labute approximate surface area is 123 Å². The van der Waals surface area contributed by atoms with Gasteiger partial charge in [-0.1, -0.05) is 52.5 Å². The molecule has 1 unspecified atom stereocenters. The summed E-state index contributed by atoms with van der Waals surface area (Å²) in [5.74, 6) is 0. The van der Waals surface area contributed by atoms with Gasteiger partial charge >= 0.3 is 0 Å². The number of hydrogen-bond donors (Lipinski definition) is 1. The summed E-state index contributed by atoms with van der Waals surface area (Å²) in [5.41, 5.74) is 0.739. The molecule has 1 aromatic heterocycles. The summed E-state index contributed by atoms with van der Waals surface area (Å²) in [4.78, 5) is 0.994. The minimum Gasteiger partial charge on any atom is -0.389 e. The lowest BCUT2D eigenvalue weighted by atomic mass is 10.1. The molecule has 0 aliphatic carbocycles. The highest BCUT2D eigenvalue weighted by Gasteiger charge is 2.10. The molecule has 0 bridgehead atoms. The van der Waals surface area contributed by atoms with Crippen LogP contribution < -0.4 is 0 Å². The van der Waals surface area contributed by atoms with E-state index < -0.39 is 6.10 Å². The molecule has 0 radical (unpaired) electrons. The van der Waals surface area contributed by atoms with Gasteiger partial charge in [0.05, 0.1) is 6.10 Å². The lowest BCUT2D eigenvalue weighted by Gasteiger charge is -2.08. The number of benzene rings is 1. The van der Waals surface area contributed by atoms with Crippen molar-refractivity contribution in [1.29, 1.82) is 0 Å². The maximum absolute atomic E-state index is 9.51. The fraction of sp³-hybridized carbons (Fsp3) is 0.273. The molecule has 96 valence electrons. The van der Waals surface area contributed by atoms with Gasteiger partial charge in [-0.3, -0.25) is 0 Å². The number of aliphatic hydroxyl groups excluding tert-OH is 1. The van der Waals surface area contributed by atoms with E-state index in [-0.39, 0.29) is 0 Å². The number of halogens is 1. The summed E-state index contributed by atoms with van der Waals surface area (Å²) in [5, 5.41) is 18.2. The highest BCUT2D eigenvalue weighted by Crippen LogP contribution is 2.35. The first-order valence-corrected chi connectivity index (χ1v) is 8.36. The van der Waals surface area contributed by atoms with Crippen LogP contribution in [0.2, 0.25) is 5.02 Å². The topological polar surface area (TPSA) is 46.0 Å². The molecule has 0 fully saturated rings. The molecule has 1 N–H and O–H groups in total. The summed E-state index contributed by atoms with van der Waals surface area (Å²) in [6, 6.07) is 5.61. The van der Waals surface area contributed by atoms with Crippen LogP contribution in [0.5, 0.6) is 0 Å². The van der Waals surface area contributed by atoms with Crippen LogP contribution in [-0.4, -0.2) is 21.6 Å². The first kappa shape index (κ1) is 14.1. The molecular formula is C11H11ClN2OS3. The molecule has 0 amide bonds. The smallest absolute Gasteiger partial charge is 0.179 e. The van der Waals surface area contributed by atoms with Crippen LogP contribution in [0.25, 0.3) is 0 Å². The standard InChI is InChI=1S/C11H11ClN2OS3/c1-6(15)8-4-3-7(5-9(8)12)17-11-14-13-10(16-2)18-11/h3-6,15H,1-2H3. The minimum atomic E-state index is -0.554. The molecule has 1 atom stereocenters. The summed E-state index contributed by atoms with van der Waals surface area (Å²) in [6.45, 7) is 1.70. The SMILES string of the molecule is CSc1nnc(Sc2ccc(C(C)O)c(Cl)c2)s1. The first-order valence-electron chi connectivity index (χ1n) is 5.13. The van der Waals surface area contributed by atoms with Gasteiger partial charge in [0.15, 0.2) is 8.68 Å². The largest absolute Gasteiger partial charge is 0.389 e. The third-order valence-corrected chi connectivity index (χ3v) is 5.46. The van der Waals surface area contributed by atoms with Crippen LogP contribution in [0.1, 0.15) is 18.6 Å². The van der Waals surface area contributed by atoms with Crippen molar-refractivity contribution in [3.63, 3.8) is 0 Å². The summed E-state index contributed by atoms with van der Waals surface area (Å²) < 4.78 is 1.84. The van der Waals surface area contributed by atoms with Gasteiger partial charge in [-0.05, 0) is 30.9 Å². The van der Waals surface area contributed by atoms with Gasteiger partial charge in [-0.2, -0.15) is 0 Å². The quantitative estimate of drug-likeness (QED) is 0.859. The van der Waals surface area contributed by atoms with Crippen LogP contribution in [0.15, 0.2) is 31.8 Å². The van der Waals surface area contributed by atoms with Crippen molar-refractivity contribution in [2.24, 2.45) is 0 Å². The third kappa shape index (κ3) is 3.39. The van der Waals surface area contributed by atoms with E-state index in [1.54, 1.807) is 30.0 Å². The number of aromatic nitrogens is 2. The van der Waals surface area contributed by atoms with E-state index in [4.69, 9.17) is 11.6 Å². The van der Waals surface area contributed by atoms with Crippen molar-refractivity contribution in [2.45, 2.75) is 26.6 Å². The summed E-state index contributed by atoms with van der Waals surface area (Å²) in [6.07, 6.45) is 1.42. The molecule has 18 heavy (non-hydrogen) atoms. The molecule has 0 aliphatic rings. The van der Waals surface area contributed by atoms with Crippen LogP contribution in [0.4, 0.5) is 0 Å². The molecule has 7 heteroatoms. The fourth-order valence-corrected chi connectivity index (χ4v) is 4.19. The molecule has 3 nitrogen and oxygen atoms in total. The average molecular weight is 319 g/mol. The van der Waals surface area contributed by atoms with Crippen LogP contribution in [0, 0.1) is 0 Å². The monoisotopic (exact) mass is 318 g/mol. The number of nitrogens with zero attached hydrogens (tertiary/aromatic N) is 2. The maximum Gasteiger partial charge on any atom is 0.179 e. The highest BCUT2D eigenvalue weighted by atomic mass is 35.5. The van der Waals surface area contributed by atoms with Crippen molar-refractivity contribution in [3.8, 4) is 0 Å². The van der Waals surface area contributed by atoms with E-state index in [9.17, 15) is 5.11 Å². The van der Waals surface area contributed by atoms with Gasteiger partial charge in [0.25, 0.3) is 0 Å². The summed E-state index contributed by atoms with van der Waals surface area (Å²) in [7, 11) is 0.